The molecule has 1 unspecified atom stereocenters. The zero-order chi connectivity index (χ0) is 12.9. The molecule has 0 radical (unpaired) electrons. The lowest BCUT2D eigenvalue weighted by atomic mass is 9.88. The molecule has 2 nitrogen and oxygen atoms in total. The Morgan fingerprint density at radius 3 is 2.59 bits per heavy atom. The van der Waals surface area contributed by atoms with Crippen LogP contribution >= 0.6 is 0 Å². The van der Waals surface area contributed by atoms with Crippen LogP contribution in [0.1, 0.15) is 5.56 Å². The normalized spacial score (nSPS) is 16.2. The Kier molecular flexibility index (Phi) is 4.74. The van der Waals surface area contributed by atoms with Crippen molar-refractivity contribution < 1.29 is 9.50 Å². The van der Waals surface area contributed by atoms with E-state index in [1.165, 1.54) is 12.7 Å². The number of rotatable bonds is 5. The second kappa shape index (κ2) is 5.86. The van der Waals surface area contributed by atoms with E-state index in [1.54, 1.807) is 7.05 Å². The largest absolute Gasteiger partial charge is 0.373 e. The fourth-order valence-corrected chi connectivity index (χ4v) is 1.64. The molecule has 1 aromatic rings. The molecule has 0 aromatic heterocycles. The van der Waals surface area contributed by atoms with E-state index in [9.17, 15) is 9.50 Å². The van der Waals surface area contributed by atoms with Gasteiger partial charge in [-0.25, -0.2) is 4.39 Å². The van der Waals surface area contributed by atoms with Gasteiger partial charge in [-0.05, 0) is 19.0 Å². The number of aliphatic hydroxyl groups is 1. The highest BCUT2D eigenvalue weighted by Gasteiger charge is 2.29. The zero-order valence-corrected chi connectivity index (χ0v) is 10.2. The third-order valence-electron chi connectivity index (χ3n) is 3.00. The van der Waals surface area contributed by atoms with Gasteiger partial charge in [0.25, 0.3) is 0 Å². The number of terminal acetylenes is 1. The summed E-state index contributed by atoms with van der Waals surface area (Å²) in [6, 6.07) is 9.16. The van der Waals surface area contributed by atoms with E-state index in [0.29, 0.717) is 6.42 Å². The van der Waals surface area contributed by atoms with Gasteiger partial charge in [0.1, 0.15) is 12.3 Å². The van der Waals surface area contributed by atoms with Crippen molar-refractivity contribution in [1.82, 2.24) is 4.90 Å². The van der Waals surface area contributed by atoms with Crippen LogP contribution in [0.25, 0.3) is 0 Å². The van der Waals surface area contributed by atoms with Crippen molar-refractivity contribution in [2.75, 3.05) is 13.7 Å². The fraction of sp³-hybridized carbons (Fsp3) is 0.385. The van der Waals surface area contributed by atoms with Gasteiger partial charge in [0.2, 0.25) is 0 Å². The van der Waals surface area contributed by atoms with E-state index in [4.69, 9.17) is 6.42 Å². The summed E-state index contributed by atoms with van der Waals surface area (Å²) in [4.78, 5) is 1.49. The van der Waals surface area contributed by atoms with Crippen LogP contribution in [-0.2, 0) is 6.42 Å². The van der Waals surface area contributed by atoms with Crippen molar-refractivity contribution >= 4 is 7.85 Å². The highest BCUT2D eigenvalue weighted by atomic mass is 19.1. The Balaban J connectivity index is 2.77. The molecule has 4 heteroatoms. The summed E-state index contributed by atoms with van der Waals surface area (Å²) in [5.41, 5.74) is -0.402. The average molecular weight is 233 g/mol. The summed E-state index contributed by atoms with van der Waals surface area (Å²) in [7, 11) is 3.12. The molecular formula is C13H17BFNO. The van der Waals surface area contributed by atoms with E-state index < -0.39 is 18.3 Å². The molecule has 1 aromatic carbocycles. The summed E-state index contributed by atoms with van der Waals surface area (Å²) < 4.78 is 13.0. The van der Waals surface area contributed by atoms with Gasteiger partial charge in [-0.3, -0.25) is 4.90 Å². The third kappa shape index (κ3) is 3.59. The molecular weight excluding hydrogens is 216 g/mol. The van der Waals surface area contributed by atoms with Crippen LogP contribution in [0.15, 0.2) is 30.3 Å². The molecule has 90 valence electrons. The molecule has 0 aliphatic carbocycles. The second-order valence-electron chi connectivity index (χ2n) is 4.27. The maximum absolute atomic E-state index is 13.0. The predicted octanol–water partition coefficient (Wildman–Crippen LogP) is 0.411. The highest BCUT2D eigenvalue weighted by Crippen LogP contribution is 2.14. The fourth-order valence-electron chi connectivity index (χ4n) is 1.64. The minimum absolute atomic E-state index is 0.427. The summed E-state index contributed by atoms with van der Waals surface area (Å²) >= 11 is 0. The first kappa shape index (κ1) is 13.8. The Morgan fingerprint density at radius 1 is 1.53 bits per heavy atom. The van der Waals surface area contributed by atoms with Crippen molar-refractivity contribution in [2.45, 2.75) is 18.1 Å². The number of benzene rings is 1. The van der Waals surface area contributed by atoms with Gasteiger partial charge in [0, 0.05) is 6.04 Å². The summed E-state index contributed by atoms with van der Waals surface area (Å²) in [6.07, 6.45) is 5.75. The predicted molar refractivity (Wildman–Crippen MR) is 70.0 cm³/mol. The highest BCUT2D eigenvalue weighted by molar-refractivity contribution is 6.16. The minimum Gasteiger partial charge on any atom is -0.373 e. The lowest BCUT2D eigenvalue weighted by Crippen LogP contribution is -2.52. The van der Waals surface area contributed by atoms with Crippen LogP contribution in [-0.4, -0.2) is 43.2 Å². The monoisotopic (exact) mass is 233 g/mol. The zero-order valence-electron chi connectivity index (χ0n) is 10.2. The lowest BCUT2D eigenvalue weighted by Gasteiger charge is -2.35. The van der Waals surface area contributed by atoms with E-state index >= 15 is 0 Å². The van der Waals surface area contributed by atoms with Crippen molar-refractivity contribution in [3.8, 4) is 12.3 Å². The van der Waals surface area contributed by atoms with Gasteiger partial charge < -0.3 is 5.11 Å². The molecule has 0 amide bonds. The molecule has 0 aliphatic heterocycles. The molecule has 0 spiro atoms. The summed E-state index contributed by atoms with van der Waals surface area (Å²) in [6.45, 7) is -0.552. The third-order valence-corrected chi connectivity index (χ3v) is 3.00. The first-order valence-electron chi connectivity index (χ1n) is 5.54. The molecule has 0 saturated carbocycles. The molecule has 0 aliphatic rings. The first-order chi connectivity index (χ1) is 8.01. The van der Waals surface area contributed by atoms with Crippen LogP contribution in [0.2, 0.25) is 0 Å². The Hall–Kier alpha value is -1.31. The maximum Gasteiger partial charge on any atom is 0.179 e. The molecule has 0 bridgehead atoms. The average Bonchev–Trinajstić information content (AvgIpc) is 2.36. The molecule has 0 saturated heterocycles. The minimum atomic E-state index is -1.43. The quantitative estimate of drug-likeness (QED) is 0.452. The molecule has 0 fully saturated rings. The Labute approximate surface area is 103 Å². The van der Waals surface area contributed by atoms with Crippen molar-refractivity contribution in [1.29, 1.82) is 0 Å². The van der Waals surface area contributed by atoms with Gasteiger partial charge in [-0.2, -0.15) is 0 Å². The van der Waals surface area contributed by atoms with Crippen LogP contribution in [0.3, 0.4) is 0 Å². The standard InChI is InChI=1S/C13H17BFNO/c1-3-13(14,17)16(2)12(10-15)9-11-7-5-4-6-8-11/h1,4-8,12,17H,9-10,14H2,2H3/t12-,13?/m0/s1. The van der Waals surface area contributed by atoms with Crippen molar-refractivity contribution in [3.05, 3.63) is 35.9 Å². The Bertz CT molecular complexity index is 388. The van der Waals surface area contributed by atoms with Crippen LogP contribution in [0.4, 0.5) is 4.39 Å². The number of alkyl halides is 1. The smallest absolute Gasteiger partial charge is 0.179 e. The number of halogens is 1. The van der Waals surface area contributed by atoms with Gasteiger partial charge in [-0.15, -0.1) is 6.42 Å². The van der Waals surface area contributed by atoms with E-state index in [1.807, 2.05) is 30.3 Å². The van der Waals surface area contributed by atoms with Gasteiger partial charge in [0.05, 0.1) is 0 Å². The summed E-state index contributed by atoms with van der Waals surface area (Å²) in [5, 5.41) is 9.89. The topological polar surface area (TPSA) is 23.5 Å². The molecule has 2 atom stereocenters. The van der Waals surface area contributed by atoms with Crippen LogP contribution in [0, 0.1) is 12.3 Å². The van der Waals surface area contributed by atoms with E-state index in [-0.39, 0.29) is 0 Å². The molecule has 17 heavy (non-hydrogen) atoms. The summed E-state index contributed by atoms with van der Waals surface area (Å²) in [5.74, 6) is 2.26. The van der Waals surface area contributed by atoms with Gasteiger partial charge >= 0.3 is 0 Å². The van der Waals surface area contributed by atoms with Crippen molar-refractivity contribution in [3.63, 3.8) is 0 Å². The molecule has 0 heterocycles. The number of likely N-dealkylation sites (N-methyl/N-ethyl adjacent to an activating group) is 1. The van der Waals surface area contributed by atoms with Crippen LogP contribution < -0.4 is 0 Å². The molecule has 1 N–H and O–H groups in total. The first-order valence-corrected chi connectivity index (χ1v) is 5.54. The number of nitrogens with zero attached hydrogens (tertiary/aromatic N) is 1. The maximum atomic E-state index is 13.0. The van der Waals surface area contributed by atoms with E-state index in [2.05, 4.69) is 5.92 Å². The van der Waals surface area contributed by atoms with Crippen LogP contribution in [0.5, 0.6) is 0 Å². The lowest BCUT2D eigenvalue weighted by molar-refractivity contribution is -0.00624. The molecule has 1 rings (SSSR count). The van der Waals surface area contributed by atoms with Gasteiger partial charge in [0.15, 0.2) is 7.85 Å². The van der Waals surface area contributed by atoms with E-state index in [0.717, 1.165) is 5.56 Å². The SMILES string of the molecule is BC(O)(C#C)N(C)[C@H](CF)Cc1ccccc1. The number of hydrogen-bond acceptors (Lipinski definition) is 2. The number of hydrogen-bond donors (Lipinski definition) is 1. The van der Waals surface area contributed by atoms with Gasteiger partial charge in [-0.1, -0.05) is 36.3 Å². The second-order valence-corrected chi connectivity index (χ2v) is 4.27. The van der Waals surface area contributed by atoms with Crippen molar-refractivity contribution in [2.24, 2.45) is 0 Å². The Morgan fingerprint density at radius 2 is 2.12 bits per heavy atom.